The van der Waals surface area contributed by atoms with Crippen LogP contribution in [0.15, 0.2) is 0 Å². The third-order valence-electron chi connectivity index (χ3n) is 2.87. The van der Waals surface area contributed by atoms with E-state index in [1.54, 1.807) is 0 Å². The smallest absolute Gasteiger partial charge is 0.194 e. The van der Waals surface area contributed by atoms with Crippen molar-refractivity contribution < 1.29 is 4.43 Å². The topological polar surface area (TPSA) is 35.2 Å². The van der Waals surface area contributed by atoms with E-state index in [2.05, 4.69) is 13.8 Å². The van der Waals surface area contributed by atoms with Gasteiger partial charge < -0.3 is 10.2 Å². The fraction of sp³-hybridized carbons (Fsp3) is 1.00. The molecular weight excluding hydrogens is 166 g/mol. The highest BCUT2D eigenvalue weighted by Gasteiger charge is 2.36. The summed E-state index contributed by atoms with van der Waals surface area (Å²) in [4.78, 5) is 0. The van der Waals surface area contributed by atoms with Crippen LogP contribution in [0.1, 0.15) is 33.1 Å². The lowest BCUT2D eigenvalue weighted by Crippen LogP contribution is -2.47. The van der Waals surface area contributed by atoms with Crippen molar-refractivity contribution in [3.8, 4) is 0 Å². The lowest BCUT2D eigenvalue weighted by atomic mass is 10.3. The predicted octanol–water partition coefficient (Wildman–Crippen LogP) is 2.46. The van der Waals surface area contributed by atoms with E-state index in [0.717, 1.165) is 6.42 Å². The number of nitrogens with two attached hydrogens (primary N) is 1. The molecule has 0 saturated carbocycles. The third-order valence-corrected chi connectivity index (χ3v) is 7.64. The Hall–Kier alpha value is 0.137. The van der Waals surface area contributed by atoms with E-state index in [0.29, 0.717) is 0 Å². The summed E-state index contributed by atoms with van der Waals surface area (Å²) in [7, 11) is -1.34. The molecule has 2 nitrogen and oxygen atoms in total. The lowest BCUT2D eigenvalue weighted by Gasteiger charge is -2.37. The molecule has 0 spiro atoms. The Morgan fingerprint density at radius 2 is 2.25 bits per heavy atom. The van der Waals surface area contributed by atoms with Crippen LogP contribution < -0.4 is 5.73 Å². The molecule has 1 heterocycles. The minimum absolute atomic E-state index is 0.0527. The van der Waals surface area contributed by atoms with Crippen molar-refractivity contribution in [2.24, 2.45) is 5.73 Å². The zero-order valence-corrected chi connectivity index (χ0v) is 9.31. The van der Waals surface area contributed by atoms with E-state index in [4.69, 9.17) is 10.2 Å². The van der Waals surface area contributed by atoms with Gasteiger partial charge >= 0.3 is 0 Å². The first kappa shape index (κ1) is 10.2. The SMILES string of the molecule is CCC[Si]1(CC)CCCC(N)O1. The Kier molecular flexibility index (Phi) is 3.74. The van der Waals surface area contributed by atoms with Crippen LogP contribution in [0.5, 0.6) is 0 Å². The molecule has 12 heavy (non-hydrogen) atoms. The lowest BCUT2D eigenvalue weighted by molar-refractivity contribution is 0.161. The van der Waals surface area contributed by atoms with Gasteiger partial charge in [0.25, 0.3) is 0 Å². The largest absolute Gasteiger partial charge is 0.402 e. The maximum Gasteiger partial charge on any atom is 0.194 e. The molecule has 0 radical (unpaired) electrons. The van der Waals surface area contributed by atoms with Crippen molar-refractivity contribution in [1.29, 1.82) is 0 Å². The predicted molar refractivity (Wildman–Crippen MR) is 54.4 cm³/mol. The Balaban J connectivity index is 2.51. The Morgan fingerprint density at radius 3 is 2.75 bits per heavy atom. The van der Waals surface area contributed by atoms with Crippen molar-refractivity contribution in [3.63, 3.8) is 0 Å². The van der Waals surface area contributed by atoms with Gasteiger partial charge in [-0.05, 0) is 31.0 Å². The standard InChI is InChI=1S/C9H21NOSi/c1-3-7-12(4-2)8-5-6-9(10)11-12/h9H,3-8,10H2,1-2H3. The van der Waals surface area contributed by atoms with Crippen molar-refractivity contribution in [3.05, 3.63) is 0 Å². The first-order chi connectivity index (χ1) is 5.72. The van der Waals surface area contributed by atoms with Crippen LogP contribution in [0, 0.1) is 0 Å². The van der Waals surface area contributed by atoms with Gasteiger partial charge in [0.05, 0.1) is 6.23 Å². The average molecular weight is 187 g/mol. The summed E-state index contributed by atoms with van der Waals surface area (Å²) in [5.41, 5.74) is 5.83. The fourth-order valence-electron chi connectivity index (χ4n) is 2.14. The number of hydrogen-bond acceptors (Lipinski definition) is 2. The van der Waals surface area contributed by atoms with Crippen LogP contribution in [0.3, 0.4) is 0 Å². The van der Waals surface area contributed by atoms with Crippen molar-refractivity contribution in [1.82, 2.24) is 0 Å². The summed E-state index contributed by atoms with van der Waals surface area (Å²) in [5.74, 6) is 0. The molecule has 0 aliphatic carbocycles. The summed E-state index contributed by atoms with van der Waals surface area (Å²) >= 11 is 0. The quantitative estimate of drug-likeness (QED) is 0.689. The number of hydrogen-bond donors (Lipinski definition) is 1. The van der Waals surface area contributed by atoms with Gasteiger partial charge in [0.2, 0.25) is 0 Å². The maximum atomic E-state index is 5.98. The van der Waals surface area contributed by atoms with Crippen LogP contribution in [0.2, 0.25) is 18.1 Å². The van der Waals surface area contributed by atoms with Crippen molar-refractivity contribution >= 4 is 8.32 Å². The van der Waals surface area contributed by atoms with Gasteiger partial charge in [-0.2, -0.15) is 0 Å². The molecule has 2 N–H and O–H groups in total. The molecule has 0 aromatic heterocycles. The minimum atomic E-state index is -1.34. The zero-order chi connectivity index (χ0) is 9.03. The Labute approximate surface area is 76.6 Å². The highest BCUT2D eigenvalue weighted by molar-refractivity contribution is 6.73. The second-order valence-electron chi connectivity index (χ2n) is 3.84. The van der Waals surface area contributed by atoms with Gasteiger partial charge in [-0.1, -0.05) is 20.3 Å². The van der Waals surface area contributed by atoms with Crippen molar-refractivity contribution in [2.75, 3.05) is 0 Å². The normalized spacial score (nSPS) is 36.8. The van der Waals surface area contributed by atoms with E-state index >= 15 is 0 Å². The third kappa shape index (κ3) is 2.31. The van der Waals surface area contributed by atoms with E-state index in [9.17, 15) is 0 Å². The molecule has 2 atom stereocenters. The molecule has 0 amide bonds. The van der Waals surface area contributed by atoms with E-state index in [-0.39, 0.29) is 6.23 Å². The zero-order valence-electron chi connectivity index (χ0n) is 8.31. The monoisotopic (exact) mass is 187 g/mol. The highest BCUT2D eigenvalue weighted by atomic mass is 28.4. The first-order valence-corrected chi connectivity index (χ1v) is 7.69. The molecule has 1 fully saturated rings. The molecule has 0 aromatic rings. The van der Waals surface area contributed by atoms with Gasteiger partial charge in [-0.3, -0.25) is 0 Å². The summed E-state index contributed by atoms with van der Waals surface area (Å²) in [6.07, 6.45) is 3.67. The first-order valence-electron chi connectivity index (χ1n) is 5.16. The van der Waals surface area contributed by atoms with Gasteiger partial charge in [0, 0.05) is 0 Å². The molecule has 1 aliphatic rings. The van der Waals surface area contributed by atoms with Gasteiger partial charge in [0.15, 0.2) is 8.32 Å². The van der Waals surface area contributed by atoms with Crippen LogP contribution in [0.25, 0.3) is 0 Å². The van der Waals surface area contributed by atoms with E-state index in [1.807, 2.05) is 0 Å². The fourth-order valence-corrected chi connectivity index (χ4v) is 6.02. The second-order valence-corrected chi connectivity index (χ2v) is 8.14. The summed E-state index contributed by atoms with van der Waals surface area (Å²) in [5, 5.41) is 0. The number of rotatable bonds is 3. The van der Waals surface area contributed by atoms with E-state index < -0.39 is 8.32 Å². The van der Waals surface area contributed by atoms with Crippen LogP contribution in [-0.4, -0.2) is 14.5 Å². The molecule has 3 heteroatoms. The average Bonchev–Trinajstić information content (AvgIpc) is 2.05. The van der Waals surface area contributed by atoms with Gasteiger partial charge in [-0.25, -0.2) is 0 Å². The molecule has 0 aromatic carbocycles. The van der Waals surface area contributed by atoms with Crippen molar-refractivity contribution in [2.45, 2.75) is 57.5 Å². The molecule has 72 valence electrons. The van der Waals surface area contributed by atoms with Crippen LogP contribution in [-0.2, 0) is 4.43 Å². The minimum Gasteiger partial charge on any atom is -0.402 e. The van der Waals surface area contributed by atoms with Gasteiger partial charge in [-0.15, -0.1) is 0 Å². The van der Waals surface area contributed by atoms with E-state index in [1.165, 1.54) is 31.0 Å². The summed E-state index contributed by atoms with van der Waals surface area (Å²) < 4.78 is 5.98. The van der Waals surface area contributed by atoms with Crippen LogP contribution >= 0.6 is 0 Å². The second kappa shape index (κ2) is 4.39. The highest BCUT2D eigenvalue weighted by Crippen LogP contribution is 2.31. The molecule has 1 aliphatic heterocycles. The Bertz CT molecular complexity index is 138. The maximum absolute atomic E-state index is 5.98. The summed E-state index contributed by atoms with van der Waals surface area (Å²) in [6, 6.07) is 3.89. The molecule has 1 saturated heterocycles. The molecular formula is C9H21NOSi. The molecule has 2 unspecified atom stereocenters. The summed E-state index contributed by atoms with van der Waals surface area (Å²) in [6.45, 7) is 4.51. The van der Waals surface area contributed by atoms with Crippen LogP contribution in [0.4, 0.5) is 0 Å². The van der Waals surface area contributed by atoms with Gasteiger partial charge in [0.1, 0.15) is 0 Å². The molecule has 1 rings (SSSR count). The molecule has 0 bridgehead atoms. The Morgan fingerprint density at radius 1 is 1.50 bits per heavy atom.